The van der Waals surface area contributed by atoms with Crippen molar-refractivity contribution in [3.63, 3.8) is 0 Å². The maximum absolute atomic E-state index is 13.2. The second-order valence-electron chi connectivity index (χ2n) is 6.57. The van der Waals surface area contributed by atoms with Crippen LogP contribution in [0.25, 0.3) is 0 Å². The number of nitrogens with zero attached hydrogens (tertiary/aromatic N) is 1. The van der Waals surface area contributed by atoms with Gasteiger partial charge in [-0.15, -0.1) is 12.8 Å². The molecule has 1 unspecified atom stereocenters. The number of nitrogens with one attached hydrogen (secondary N) is 1. The molecule has 34 heavy (non-hydrogen) atoms. The number of ether oxygens (including phenoxy) is 2. The predicted octanol–water partition coefficient (Wildman–Crippen LogP) is 3.65. The monoisotopic (exact) mass is 486 g/mol. The minimum Gasteiger partial charge on any atom is -0.493 e. The predicted molar refractivity (Wildman–Crippen MR) is 134 cm³/mol. The van der Waals surface area contributed by atoms with Gasteiger partial charge in [0.15, 0.2) is 11.5 Å². The van der Waals surface area contributed by atoms with Crippen LogP contribution in [-0.2, 0) is 15.6 Å². The van der Waals surface area contributed by atoms with Crippen LogP contribution in [-0.4, -0.2) is 53.1 Å². The van der Waals surface area contributed by atoms with E-state index in [-0.39, 0.29) is 22.6 Å². The maximum atomic E-state index is 13.2. The molecule has 3 amide bonds. The molecule has 2 aromatic rings. The topological polar surface area (TPSA) is 102 Å². The number of carbonyl (C=O) groups excluding carboxylic acids is 3. The number of carbonyl (C=O) groups is 3. The maximum Gasteiger partial charge on any atom is 0.264 e. The lowest BCUT2D eigenvalue weighted by molar-refractivity contribution is -0.105. The van der Waals surface area contributed by atoms with Crippen molar-refractivity contribution in [3.05, 3.63) is 53.1 Å². The third-order valence-corrected chi connectivity index (χ3v) is 5.52. The molecule has 1 N–H and O–H groups in total. The number of hydrogen-bond acceptors (Lipinski definition) is 6. The van der Waals surface area contributed by atoms with E-state index in [0.29, 0.717) is 30.1 Å². The lowest BCUT2D eigenvalue weighted by Gasteiger charge is -2.26. The van der Waals surface area contributed by atoms with Gasteiger partial charge in [0.25, 0.3) is 11.8 Å². The fraction of sp³-hybridized carbons (Fsp3) is 0.320. The zero-order valence-corrected chi connectivity index (χ0v) is 20.8. The average Bonchev–Trinajstić information content (AvgIpc) is 3.11. The molecule has 2 atom stereocenters. The minimum absolute atomic E-state index is 0.0554. The molecule has 1 heterocycles. The summed E-state index contributed by atoms with van der Waals surface area (Å²) < 4.78 is 23.0. The van der Waals surface area contributed by atoms with Gasteiger partial charge in [-0.25, -0.2) is 0 Å². The van der Waals surface area contributed by atoms with Crippen LogP contribution in [0.1, 0.15) is 53.1 Å². The summed E-state index contributed by atoms with van der Waals surface area (Å²) in [6.07, 6.45) is 9.96. The van der Waals surface area contributed by atoms with Crippen molar-refractivity contribution in [1.82, 2.24) is 4.90 Å². The van der Waals surface area contributed by atoms with Gasteiger partial charge in [-0.3, -0.25) is 23.5 Å². The van der Waals surface area contributed by atoms with Gasteiger partial charge in [0, 0.05) is 22.8 Å². The summed E-state index contributed by atoms with van der Waals surface area (Å²) in [5, 5.41) is 2.46. The van der Waals surface area contributed by atoms with Crippen LogP contribution in [0, 0.1) is 12.8 Å². The zero-order chi connectivity index (χ0) is 25.8. The van der Waals surface area contributed by atoms with Gasteiger partial charge in [0.05, 0.1) is 36.6 Å². The lowest BCUT2D eigenvalue weighted by atomic mass is 10.1. The molecule has 0 bridgehead atoms. The molecule has 0 aliphatic carbocycles. The third-order valence-electron chi connectivity index (χ3n) is 4.74. The van der Waals surface area contributed by atoms with Crippen molar-refractivity contribution in [3.8, 4) is 24.3 Å². The summed E-state index contributed by atoms with van der Waals surface area (Å²) in [7, 11) is 0.212. The van der Waals surface area contributed by atoms with E-state index in [1.165, 1.54) is 19.4 Å². The van der Waals surface area contributed by atoms with Crippen molar-refractivity contribution in [2.24, 2.45) is 0 Å². The molecule has 1 aliphatic rings. The number of amides is 3. The Bertz CT molecular complexity index is 1070. The second kappa shape index (κ2) is 13.8. The molecular formula is C25H30N2O6S. The quantitative estimate of drug-likeness (QED) is 0.330. The molecule has 9 heteroatoms. The van der Waals surface area contributed by atoms with Crippen LogP contribution < -0.4 is 14.8 Å². The minimum atomic E-state index is -1.30. The molecule has 0 saturated heterocycles. The van der Waals surface area contributed by atoms with Gasteiger partial charge in [-0.1, -0.05) is 26.0 Å². The molecule has 182 valence electrons. The average molecular weight is 487 g/mol. The highest BCUT2D eigenvalue weighted by Crippen LogP contribution is 2.38. The first-order chi connectivity index (χ1) is 16.4. The van der Waals surface area contributed by atoms with Crippen LogP contribution >= 0.6 is 0 Å². The van der Waals surface area contributed by atoms with E-state index in [9.17, 15) is 18.6 Å². The lowest BCUT2D eigenvalue weighted by Crippen LogP contribution is -2.37. The molecule has 8 nitrogen and oxygen atoms in total. The van der Waals surface area contributed by atoms with E-state index in [2.05, 4.69) is 18.2 Å². The zero-order valence-electron chi connectivity index (χ0n) is 20.0. The van der Waals surface area contributed by atoms with E-state index < -0.39 is 28.7 Å². The Morgan fingerprint density at radius 3 is 2.35 bits per heavy atom. The summed E-state index contributed by atoms with van der Waals surface area (Å²) in [5.41, 5.74) is 1.16. The van der Waals surface area contributed by atoms with Crippen molar-refractivity contribution in [1.29, 1.82) is 0 Å². The van der Waals surface area contributed by atoms with Crippen molar-refractivity contribution < 1.29 is 28.1 Å². The highest BCUT2D eigenvalue weighted by Gasteiger charge is 2.42. The summed E-state index contributed by atoms with van der Waals surface area (Å²) in [6, 6.07) is 8.98. The number of rotatable bonds is 9. The van der Waals surface area contributed by atoms with Gasteiger partial charge in [-0.05, 0) is 36.8 Å². The Labute approximate surface area is 203 Å². The molecule has 0 fully saturated rings. The highest BCUT2D eigenvalue weighted by atomic mass is 32.2. The Hall–Kier alpha value is -3.64. The number of benzene rings is 2. The van der Waals surface area contributed by atoms with E-state index in [1.807, 2.05) is 20.8 Å². The van der Waals surface area contributed by atoms with Gasteiger partial charge >= 0.3 is 0 Å². The number of terminal acetylenes is 1. The SMILES string of the molecule is C#C.CC.CCOc1cc([C@@H](CS(C)=O)N2C(=O)c3cccc(NC=O)c3C2=O)ccc1OC. The van der Waals surface area contributed by atoms with Gasteiger partial charge in [0.1, 0.15) is 0 Å². The molecule has 2 aromatic carbocycles. The van der Waals surface area contributed by atoms with Crippen LogP contribution in [0.2, 0.25) is 0 Å². The third kappa shape index (κ3) is 6.02. The summed E-state index contributed by atoms with van der Waals surface area (Å²) in [4.78, 5) is 38.4. The van der Waals surface area contributed by atoms with Crippen molar-refractivity contribution in [2.75, 3.05) is 31.0 Å². The number of methoxy groups -OCH3 is 1. The van der Waals surface area contributed by atoms with E-state index in [1.54, 1.807) is 30.3 Å². The standard InChI is InChI=1S/C21H22N2O6S.C2H6.C2H2/c1-4-29-18-10-13(8-9-17(18)28-2)16(11-30(3)27)23-20(25)14-6-5-7-15(22-12-24)19(14)21(23)26;2*1-2/h5-10,12,16H,4,11H2,1-3H3,(H,22,24);1-2H3;1-2H/t16-,30?;;/m1../s1. The first kappa shape index (κ1) is 28.4. The van der Waals surface area contributed by atoms with Crippen LogP contribution in [0.15, 0.2) is 36.4 Å². The van der Waals surface area contributed by atoms with Crippen molar-refractivity contribution >= 4 is 34.7 Å². The first-order valence-corrected chi connectivity index (χ1v) is 12.3. The smallest absolute Gasteiger partial charge is 0.264 e. The number of fused-ring (bicyclic) bond motifs is 1. The summed E-state index contributed by atoms with van der Waals surface area (Å²) >= 11 is 0. The number of hydrogen-bond donors (Lipinski definition) is 1. The Kier molecular flexibility index (Phi) is 11.5. The molecule has 1 aliphatic heterocycles. The van der Waals surface area contributed by atoms with Crippen LogP contribution in [0.3, 0.4) is 0 Å². The fourth-order valence-corrected chi connectivity index (χ4v) is 4.27. The van der Waals surface area contributed by atoms with E-state index in [4.69, 9.17) is 9.47 Å². The molecule has 0 spiro atoms. The Morgan fingerprint density at radius 1 is 1.12 bits per heavy atom. The number of imide groups is 1. The molecular weight excluding hydrogens is 456 g/mol. The largest absolute Gasteiger partial charge is 0.493 e. The van der Waals surface area contributed by atoms with Crippen LogP contribution in [0.5, 0.6) is 11.5 Å². The summed E-state index contributed by atoms with van der Waals surface area (Å²) in [5.74, 6) is -0.0288. The normalized spacial score (nSPS) is 13.3. The molecule has 0 saturated carbocycles. The second-order valence-corrected chi connectivity index (χ2v) is 8.05. The molecule has 0 aromatic heterocycles. The molecule has 0 radical (unpaired) electrons. The highest BCUT2D eigenvalue weighted by molar-refractivity contribution is 7.84. The van der Waals surface area contributed by atoms with E-state index >= 15 is 0 Å². The van der Waals surface area contributed by atoms with Gasteiger partial charge < -0.3 is 14.8 Å². The van der Waals surface area contributed by atoms with Crippen molar-refractivity contribution in [2.45, 2.75) is 26.8 Å². The van der Waals surface area contributed by atoms with Gasteiger partial charge in [-0.2, -0.15) is 0 Å². The molecule has 3 rings (SSSR count). The first-order valence-electron chi connectivity index (χ1n) is 10.6. The Morgan fingerprint density at radius 2 is 1.79 bits per heavy atom. The van der Waals surface area contributed by atoms with Gasteiger partial charge in [0.2, 0.25) is 6.41 Å². The van der Waals surface area contributed by atoms with E-state index in [0.717, 1.165) is 4.90 Å². The number of anilines is 1. The Balaban J connectivity index is 0.00000137. The fourth-order valence-electron chi connectivity index (χ4n) is 3.48. The summed E-state index contributed by atoms with van der Waals surface area (Å²) in [6.45, 7) is 6.23. The van der Waals surface area contributed by atoms with Crippen LogP contribution in [0.4, 0.5) is 5.69 Å².